The van der Waals surface area contributed by atoms with Crippen LogP contribution in [0.5, 0.6) is 0 Å². The topological polar surface area (TPSA) is 77.2 Å². The first-order valence-electron chi connectivity index (χ1n) is 8.89. The van der Waals surface area contributed by atoms with Crippen LogP contribution in [0.2, 0.25) is 0 Å². The molecule has 2 aromatic heterocycles. The molecule has 3 aromatic rings. The van der Waals surface area contributed by atoms with E-state index in [-0.39, 0.29) is 23.3 Å². The monoisotopic (exact) mass is 364 g/mol. The predicted molar refractivity (Wildman–Crippen MR) is 102 cm³/mol. The average molecular weight is 364 g/mol. The van der Waals surface area contributed by atoms with Gasteiger partial charge in [-0.15, -0.1) is 0 Å². The minimum Gasteiger partial charge on any atom is -0.334 e. The summed E-state index contributed by atoms with van der Waals surface area (Å²) in [5.41, 5.74) is 0.802. The molecule has 1 aromatic carbocycles. The van der Waals surface area contributed by atoms with Crippen molar-refractivity contribution in [3.05, 3.63) is 74.6 Å². The van der Waals surface area contributed by atoms with Crippen molar-refractivity contribution in [2.24, 2.45) is 14.1 Å². The number of likely N-dealkylation sites (tertiary alicyclic amines) is 1. The van der Waals surface area contributed by atoms with E-state index in [0.717, 1.165) is 17.4 Å². The van der Waals surface area contributed by atoms with E-state index in [9.17, 15) is 14.4 Å². The number of carbonyl (C=O) groups excluding carboxylic acids is 1. The largest absolute Gasteiger partial charge is 0.334 e. The van der Waals surface area contributed by atoms with Crippen molar-refractivity contribution in [2.75, 3.05) is 6.54 Å². The molecule has 1 aliphatic heterocycles. The zero-order chi connectivity index (χ0) is 19.1. The number of hydrogen-bond acceptors (Lipinski definition) is 4. The Morgan fingerprint density at radius 1 is 1.07 bits per heavy atom. The highest BCUT2D eigenvalue weighted by molar-refractivity contribution is 5.95. The summed E-state index contributed by atoms with van der Waals surface area (Å²) in [6.45, 7) is 0.686. The van der Waals surface area contributed by atoms with Crippen molar-refractivity contribution in [2.45, 2.75) is 18.9 Å². The lowest BCUT2D eigenvalue weighted by molar-refractivity contribution is 0.0459. The number of pyridine rings is 1. The second-order valence-electron chi connectivity index (χ2n) is 6.90. The maximum Gasteiger partial charge on any atom is 0.332 e. The van der Waals surface area contributed by atoms with E-state index >= 15 is 0 Å². The standard InChI is InChI=1S/C20H20N4O3/c1-22-17-15(18(25)23(2)20(22)27)8-9-16(21-17)19(26)24-11-10-14(24)12-13-6-4-3-5-7-13/h3-9,14H,10-12H2,1-2H3. The summed E-state index contributed by atoms with van der Waals surface area (Å²) in [6.07, 6.45) is 1.76. The van der Waals surface area contributed by atoms with E-state index in [2.05, 4.69) is 17.1 Å². The molecule has 7 nitrogen and oxygen atoms in total. The number of rotatable bonds is 3. The molecule has 1 aliphatic rings. The molecular formula is C20H20N4O3. The van der Waals surface area contributed by atoms with Crippen LogP contribution < -0.4 is 11.2 Å². The van der Waals surface area contributed by atoms with E-state index in [4.69, 9.17) is 0 Å². The number of hydrogen-bond donors (Lipinski definition) is 0. The first kappa shape index (κ1) is 17.2. The van der Waals surface area contributed by atoms with Gasteiger partial charge in [-0.25, -0.2) is 9.78 Å². The minimum absolute atomic E-state index is 0.143. The van der Waals surface area contributed by atoms with Crippen LogP contribution in [0.25, 0.3) is 11.0 Å². The molecule has 1 fully saturated rings. The molecule has 0 saturated carbocycles. The average Bonchev–Trinajstić information content (AvgIpc) is 2.68. The van der Waals surface area contributed by atoms with Gasteiger partial charge in [0.15, 0.2) is 0 Å². The summed E-state index contributed by atoms with van der Waals surface area (Å²) < 4.78 is 2.34. The summed E-state index contributed by atoms with van der Waals surface area (Å²) in [7, 11) is 2.98. The van der Waals surface area contributed by atoms with Crippen molar-refractivity contribution >= 4 is 16.9 Å². The van der Waals surface area contributed by atoms with Crippen LogP contribution in [0.3, 0.4) is 0 Å². The molecule has 1 atom stereocenters. The first-order valence-corrected chi connectivity index (χ1v) is 8.89. The summed E-state index contributed by atoms with van der Waals surface area (Å²) in [5, 5.41) is 0.320. The van der Waals surface area contributed by atoms with Gasteiger partial charge in [0.25, 0.3) is 11.5 Å². The highest BCUT2D eigenvalue weighted by Gasteiger charge is 2.33. The quantitative estimate of drug-likeness (QED) is 0.697. The molecule has 27 heavy (non-hydrogen) atoms. The van der Waals surface area contributed by atoms with E-state index in [1.807, 2.05) is 18.2 Å². The Kier molecular flexibility index (Phi) is 4.14. The fourth-order valence-electron chi connectivity index (χ4n) is 3.53. The smallest absolute Gasteiger partial charge is 0.332 e. The highest BCUT2D eigenvalue weighted by atomic mass is 16.2. The van der Waals surface area contributed by atoms with E-state index in [1.165, 1.54) is 17.2 Å². The van der Waals surface area contributed by atoms with Crippen LogP contribution in [0.1, 0.15) is 22.5 Å². The van der Waals surface area contributed by atoms with Crippen LogP contribution in [0, 0.1) is 0 Å². The number of aromatic nitrogens is 3. The Bertz CT molecular complexity index is 1150. The third-order valence-corrected chi connectivity index (χ3v) is 5.24. The van der Waals surface area contributed by atoms with Gasteiger partial charge in [0.05, 0.1) is 5.39 Å². The number of nitrogens with zero attached hydrogens (tertiary/aromatic N) is 4. The van der Waals surface area contributed by atoms with Crippen LogP contribution in [0.4, 0.5) is 0 Å². The van der Waals surface area contributed by atoms with E-state index in [1.54, 1.807) is 24.1 Å². The van der Waals surface area contributed by atoms with Gasteiger partial charge in [0.1, 0.15) is 11.3 Å². The highest BCUT2D eigenvalue weighted by Crippen LogP contribution is 2.24. The zero-order valence-electron chi connectivity index (χ0n) is 15.3. The maximum atomic E-state index is 12.9. The molecule has 0 radical (unpaired) electrons. The van der Waals surface area contributed by atoms with Crippen molar-refractivity contribution in [3.8, 4) is 0 Å². The SMILES string of the molecule is Cn1c(=O)c2ccc(C(=O)N3CCC3Cc3ccccc3)nc2n(C)c1=O. The van der Waals surface area contributed by atoms with Crippen LogP contribution in [-0.2, 0) is 20.5 Å². The van der Waals surface area contributed by atoms with Gasteiger partial charge in [0, 0.05) is 26.7 Å². The molecule has 3 heterocycles. The number of benzene rings is 1. The van der Waals surface area contributed by atoms with E-state index in [0.29, 0.717) is 11.9 Å². The van der Waals surface area contributed by atoms with Crippen molar-refractivity contribution in [3.63, 3.8) is 0 Å². The normalized spacial score (nSPS) is 16.4. The summed E-state index contributed by atoms with van der Waals surface area (Å²) in [6, 6.07) is 13.3. The maximum absolute atomic E-state index is 12.9. The summed E-state index contributed by atoms with van der Waals surface area (Å²) in [5.74, 6) is -0.169. The third-order valence-electron chi connectivity index (χ3n) is 5.24. The van der Waals surface area contributed by atoms with Gasteiger partial charge in [-0.05, 0) is 30.5 Å². The van der Waals surface area contributed by atoms with E-state index < -0.39 is 11.2 Å². The fourth-order valence-corrected chi connectivity index (χ4v) is 3.53. The molecule has 1 unspecified atom stereocenters. The van der Waals surface area contributed by atoms with Crippen molar-refractivity contribution in [1.82, 2.24) is 19.0 Å². The molecule has 0 N–H and O–H groups in total. The number of aryl methyl sites for hydroxylation is 1. The lowest BCUT2D eigenvalue weighted by Crippen LogP contribution is -2.52. The Morgan fingerprint density at radius 3 is 2.48 bits per heavy atom. The lowest BCUT2D eigenvalue weighted by Gasteiger charge is -2.41. The Hall–Kier alpha value is -3.22. The number of carbonyl (C=O) groups is 1. The summed E-state index contributed by atoms with van der Waals surface area (Å²) in [4.78, 5) is 43.4. The second-order valence-corrected chi connectivity index (χ2v) is 6.90. The Balaban J connectivity index is 1.65. The molecule has 0 bridgehead atoms. The van der Waals surface area contributed by atoms with Crippen molar-refractivity contribution in [1.29, 1.82) is 0 Å². The van der Waals surface area contributed by atoms with Crippen molar-refractivity contribution < 1.29 is 4.79 Å². The zero-order valence-corrected chi connectivity index (χ0v) is 15.3. The first-order chi connectivity index (χ1) is 13.0. The molecule has 0 aliphatic carbocycles. The molecule has 138 valence electrons. The molecule has 1 amide bonds. The Labute approximate surface area is 155 Å². The number of fused-ring (bicyclic) bond motifs is 1. The Morgan fingerprint density at radius 2 is 1.81 bits per heavy atom. The molecule has 1 saturated heterocycles. The fraction of sp³-hybridized carbons (Fsp3) is 0.300. The minimum atomic E-state index is -0.462. The van der Waals surface area contributed by atoms with Crippen LogP contribution in [-0.4, -0.2) is 37.5 Å². The molecule has 4 rings (SSSR count). The molecule has 0 spiro atoms. The van der Waals surface area contributed by atoms with Gasteiger partial charge in [-0.3, -0.25) is 18.7 Å². The summed E-state index contributed by atoms with van der Waals surface area (Å²) >= 11 is 0. The predicted octanol–water partition coefficient (Wildman–Crippen LogP) is 1.09. The lowest BCUT2D eigenvalue weighted by atomic mass is 9.94. The van der Waals surface area contributed by atoms with Gasteiger partial charge < -0.3 is 4.90 Å². The van der Waals surface area contributed by atoms with Gasteiger partial charge in [-0.1, -0.05) is 30.3 Å². The third kappa shape index (κ3) is 2.85. The van der Waals surface area contributed by atoms with Gasteiger partial charge >= 0.3 is 5.69 Å². The molecular weight excluding hydrogens is 344 g/mol. The van der Waals surface area contributed by atoms with Crippen LogP contribution in [0.15, 0.2) is 52.1 Å². The van der Waals surface area contributed by atoms with Gasteiger partial charge in [0.2, 0.25) is 0 Å². The molecule has 7 heteroatoms. The number of amides is 1. The second kappa shape index (κ2) is 6.50. The van der Waals surface area contributed by atoms with Gasteiger partial charge in [-0.2, -0.15) is 0 Å². The van der Waals surface area contributed by atoms with Crippen LogP contribution >= 0.6 is 0 Å².